The summed E-state index contributed by atoms with van der Waals surface area (Å²) in [6.07, 6.45) is 2.45. The number of benzene rings is 1. The highest BCUT2D eigenvalue weighted by Crippen LogP contribution is 2.28. The van der Waals surface area contributed by atoms with Crippen LogP contribution in [0.4, 0.5) is 0 Å². The number of carbonyl (C=O) groups excluding carboxylic acids is 1. The summed E-state index contributed by atoms with van der Waals surface area (Å²) < 4.78 is 0. The number of nitrogens with zero attached hydrogens (tertiary/aromatic N) is 2. The molecule has 3 heterocycles. The third-order valence-corrected chi connectivity index (χ3v) is 5.11. The van der Waals surface area contributed by atoms with Gasteiger partial charge in [-0.05, 0) is 35.7 Å². The fraction of sp³-hybridized carbons (Fsp3) is 0.0952. The summed E-state index contributed by atoms with van der Waals surface area (Å²) in [4.78, 5) is 18.1. The molecule has 0 unspecified atom stereocenters. The van der Waals surface area contributed by atoms with E-state index < -0.39 is 0 Å². The maximum absolute atomic E-state index is 12.7. The second-order valence-corrected chi connectivity index (χ2v) is 6.96. The summed E-state index contributed by atoms with van der Waals surface area (Å²) in [7, 11) is 0. The molecular formula is C21H18N4OS. The predicted octanol–water partition coefficient (Wildman–Crippen LogP) is 4.17. The SMILES string of the molecule is O=C(NCCc1ccccn1)c1ccccc1-c1cc(-c2cccs2)[nH]n1. The van der Waals surface area contributed by atoms with Gasteiger partial charge in [0.05, 0.1) is 16.3 Å². The smallest absolute Gasteiger partial charge is 0.251 e. The first kappa shape index (κ1) is 17.2. The van der Waals surface area contributed by atoms with E-state index in [1.165, 1.54) is 0 Å². The minimum atomic E-state index is -0.109. The van der Waals surface area contributed by atoms with Crippen molar-refractivity contribution in [3.05, 3.63) is 83.5 Å². The summed E-state index contributed by atoms with van der Waals surface area (Å²) in [6, 6.07) is 19.3. The van der Waals surface area contributed by atoms with Gasteiger partial charge in [-0.3, -0.25) is 14.9 Å². The third kappa shape index (κ3) is 3.96. The molecule has 27 heavy (non-hydrogen) atoms. The number of pyridine rings is 1. The molecule has 134 valence electrons. The number of carbonyl (C=O) groups is 1. The fourth-order valence-electron chi connectivity index (χ4n) is 2.87. The van der Waals surface area contributed by atoms with Crippen LogP contribution in [0.15, 0.2) is 72.2 Å². The molecule has 0 saturated heterocycles. The molecule has 1 amide bonds. The van der Waals surface area contributed by atoms with Crippen molar-refractivity contribution in [1.82, 2.24) is 20.5 Å². The summed E-state index contributed by atoms with van der Waals surface area (Å²) in [5, 5.41) is 12.5. The quantitative estimate of drug-likeness (QED) is 0.532. The molecule has 1 aromatic carbocycles. The number of H-pyrrole nitrogens is 1. The van der Waals surface area contributed by atoms with Crippen LogP contribution in [-0.2, 0) is 6.42 Å². The van der Waals surface area contributed by atoms with Crippen molar-refractivity contribution in [2.75, 3.05) is 6.54 Å². The normalized spacial score (nSPS) is 10.7. The van der Waals surface area contributed by atoms with E-state index in [2.05, 4.69) is 20.5 Å². The van der Waals surface area contributed by atoms with Gasteiger partial charge in [-0.2, -0.15) is 5.10 Å². The van der Waals surface area contributed by atoms with Gasteiger partial charge in [-0.1, -0.05) is 30.3 Å². The first-order valence-corrected chi connectivity index (χ1v) is 9.56. The Kier molecular flexibility index (Phi) is 5.07. The van der Waals surface area contributed by atoms with Crippen molar-refractivity contribution in [3.8, 4) is 21.8 Å². The number of aromatic amines is 1. The first-order chi connectivity index (χ1) is 13.3. The lowest BCUT2D eigenvalue weighted by molar-refractivity contribution is 0.0954. The lowest BCUT2D eigenvalue weighted by Gasteiger charge is -2.08. The number of amides is 1. The molecular weight excluding hydrogens is 356 g/mol. The third-order valence-electron chi connectivity index (χ3n) is 4.20. The maximum atomic E-state index is 12.7. The second-order valence-electron chi connectivity index (χ2n) is 6.02. The van der Waals surface area contributed by atoms with E-state index in [0.29, 0.717) is 18.5 Å². The molecule has 0 bridgehead atoms. The molecule has 0 aliphatic heterocycles. The summed E-state index contributed by atoms with van der Waals surface area (Å²) in [6.45, 7) is 0.533. The maximum Gasteiger partial charge on any atom is 0.251 e. The highest BCUT2D eigenvalue weighted by Gasteiger charge is 2.15. The zero-order valence-electron chi connectivity index (χ0n) is 14.6. The van der Waals surface area contributed by atoms with Crippen LogP contribution in [0, 0.1) is 0 Å². The monoisotopic (exact) mass is 374 g/mol. The molecule has 0 radical (unpaired) electrons. The Balaban J connectivity index is 1.50. The van der Waals surface area contributed by atoms with Gasteiger partial charge in [0.2, 0.25) is 0 Å². The van der Waals surface area contributed by atoms with Crippen LogP contribution in [0.2, 0.25) is 0 Å². The van der Waals surface area contributed by atoms with E-state index in [1.807, 2.05) is 66.0 Å². The van der Waals surface area contributed by atoms with Crippen molar-refractivity contribution in [1.29, 1.82) is 0 Å². The first-order valence-electron chi connectivity index (χ1n) is 8.68. The molecule has 0 atom stereocenters. The van der Waals surface area contributed by atoms with E-state index in [0.717, 1.165) is 27.5 Å². The minimum Gasteiger partial charge on any atom is -0.352 e. The number of rotatable bonds is 6. The molecule has 5 nitrogen and oxygen atoms in total. The van der Waals surface area contributed by atoms with E-state index in [9.17, 15) is 4.79 Å². The number of aromatic nitrogens is 3. The van der Waals surface area contributed by atoms with Crippen LogP contribution in [0.3, 0.4) is 0 Å². The van der Waals surface area contributed by atoms with Crippen LogP contribution < -0.4 is 5.32 Å². The van der Waals surface area contributed by atoms with Crippen LogP contribution in [0.1, 0.15) is 16.1 Å². The number of hydrogen-bond acceptors (Lipinski definition) is 4. The Hall–Kier alpha value is -3.25. The molecule has 2 N–H and O–H groups in total. The largest absolute Gasteiger partial charge is 0.352 e. The minimum absolute atomic E-state index is 0.109. The van der Waals surface area contributed by atoms with E-state index in [-0.39, 0.29) is 5.91 Å². The molecule has 0 saturated carbocycles. The lowest BCUT2D eigenvalue weighted by Crippen LogP contribution is -2.26. The van der Waals surface area contributed by atoms with Crippen molar-refractivity contribution in [2.45, 2.75) is 6.42 Å². The highest BCUT2D eigenvalue weighted by atomic mass is 32.1. The van der Waals surface area contributed by atoms with Gasteiger partial charge in [-0.15, -0.1) is 11.3 Å². The molecule has 3 aromatic heterocycles. The predicted molar refractivity (Wildman–Crippen MR) is 108 cm³/mol. The van der Waals surface area contributed by atoms with Gasteiger partial charge >= 0.3 is 0 Å². The summed E-state index contributed by atoms with van der Waals surface area (Å²) in [5.41, 5.74) is 4.09. The zero-order valence-corrected chi connectivity index (χ0v) is 15.4. The molecule has 0 aliphatic rings. The number of nitrogens with one attached hydrogen (secondary N) is 2. The van der Waals surface area contributed by atoms with Crippen LogP contribution in [0.5, 0.6) is 0 Å². The van der Waals surface area contributed by atoms with Gasteiger partial charge in [0.25, 0.3) is 5.91 Å². The molecule has 4 rings (SSSR count). The van der Waals surface area contributed by atoms with E-state index in [1.54, 1.807) is 17.5 Å². The second kappa shape index (κ2) is 7.97. The molecule has 4 aromatic rings. The Labute approximate surface area is 161 Å². The molecule has 0 fully saturated rings. The van der Waals surface area contributed by atoms with Gasteiger partial charge in [0.15, 0.2) is 0 Å². The molecule has 0 spiro atoms. The van der Waals surface area contributed by atoms with Crippen LogP contribution in [-0.4, -0.2) is 27.6 Å². The molecule has 6 heteroatoms. The number of hydrogen-bond donors (Lipinski definition) is 2. The van der Waals surface area contributed by atoms with Crippen molar-refractivity contribution >= 4 is 17.2 Å². The highest BCUT2D eigenvalue weighted by molar-refractivity contribution is 7.13. The van der Waals surface area contributed by atoms with Crippen LogP contribution >= 0.6 is 11.3 Å². The Morgan fingerprint density at radius 1 is 1.07 bits per heavy atom. The van der Waals surface area contributed by atoms with Gasteiger partial charge < -0.3 is 5.32 Å². The lowest BCUT2D eigenvalue weighted by atomic mass is 10.0. The van der Waals surface area contributed by atoms with Crippen molar-refractivity contribution in [2.24, 2.45) is 0 Å². The van der Waals surface area contributed by atoms with Gasteiger partial charge in [0, 0.05) is 36.0 Å². The average molecular weight is 374 g/mol. The fourth-order valence-corrected chi connectivity index (χ4v) is 3.56. The molecule has 0 aliphatic carbocycles. The van der Waals surface area contributed by atoms with Crippen molar-refractivity contribution < 1.29 is 4.79 Å². The Morgan fingerprint density at radius 3 is 2.78 bits per heavy atom. The van der Waals surface area contributed by atoms with Gasteiger partial charge in [0.1, 0.15) is 0 Å². The Bertz CT molecular complexity index is 1030. The van der Waals surface area contributed by atoms with Crippen molar-refractivity contribution in [3.63, 3.8) is 0 Å². The summed E-state index contributed by atoms with van der Waals surface area (Å²) >= 11 is 1.65. The average Bonchev–Trinajstić information content (AvgIpc) is 3.40. The van der Waals surface area contributed by atoms with Gasteiger partial charge in [-0.25, -0.2) is 0 Å². The topological polar surface area (TPSA) is 70.7 Å². The van der Waals surface area contributed by atoms with Crippen LogP contribution in [0.25, 0.3) is 21.8 Å². The van der Waals surface area contributed by atoms with E-state index >= 15 is 0 Å². The Morgan fingerprint density at radius 2 is 1.96 bits per heavy atom. The number of thiophene rings is 1. The zero-order chi connectivity index (χ0) is 18.5. The summed E-state index contributed by atoms with van der Waals surface area (Å²) in [5.74, 6) is -0.109. The van der Waals surface area contributed by atoms with E-state index in [4.69, 9.17) is 0 Å². The standard InChI is InChI=1S/C21H18N4OS/c26-21(23-12-10-15-6-3-4-11-22-15)17-8-2-1-7-16(17)18-14-19(25-24-18)20-9-5-13-27-20/h1-9,11,13-14H,10,12H2,(H,23,26)(H,24,25).